The van der Waals surface area contributed by atoms with Crippen LogP contribution in [0.3, 0.4) is 0 Å². The summed E-state index contributed by atoms with van der Waals surface area (Å²) in [4.78, 5) is 0. The number of hydrogen-bond donors (Lipinski definition) is 1. The third-order valence-corrected chi connectivity index (χ3v) is 2.95. The van der Waals surface area contributed by atoms with Crippen molar-refractivity contribution in [2.45, 2.75) is 19.4 Å². The van der Waals surface area contributed by atoms with E-state index in [1.54, 1.807) is 0 Å². The summed E-state index contributed by atoms with van der Waals surface area (Å²) in [6.07, 6.45) is 0.994. The fourth-order valence-corrected chi connectivity index (χ4v) is 1.90. The van der Waals surface area contributed by atoms with Crippen LogP contribution in [0.4, 0.5) is 0 Å². The summed E-state index contributed by atoms with van der Waals surface area (Å²) in [5, 5.41) is 0. The minimum absolute atomic E-state index is 0.298. The molecule has 0 fully saturated rings. The smallest absolute Gasteiger partial charge is 0.0171 e. The van der Waals surface area contributed by atoms with Gasteiger partial charge in [0.05, 0.1) is 0 Å². The van der Waals surface area contributed by atoms with Gasteiger partial charge < -0.3 is 5.73 Å². The first-order valence-electron chi connectivity index (χ1n) is 4.70. The first-order valence-corrected chi connectivity index (χ1v) is 5.85. The molecule has 0 aliphatic rings. The molecule has 72 valence electrons. The molecule has 0 saturated heterocycles. The third-order valence-electron chi connectivity index (χ3n) is 1.88. The highest BCUT2D eigenvalue weighted by Gasteiger charge is 2.02. The molecule has 0 heterocycles. The molecule has 0 spiro atoms. The van der Waals surface area contributed by atoms with Crippen LogP contribution >= 0.6 is 11.8 Å². The Morgan fingerprint density at radius 2 is 2.00 bits per heavy atom. The fourth-order valence-electron chi connectivity index (χ4n) is 1.24. The number of thioether (sulfide) groups is 1. The van der Waals surface area contributed by atoms with Gasteiger partial charge >= 0.3 is 0 Å². The van der Waals surface area contributed by atoms with Crippen LogP contribution in [0.1, 0.15) is 12.5 Å². The quantitative estimate of drug-likeness (QED) is 0.780. The van der Waals surface area contributed by atoms with Gasteiger partial charge in [-0.15, -0.1) is 0 Å². The van der Waals surface area contributed by atoms with Crippen molar-refractivity contribution < 1.29 is 0 Å². The lowest BCUT2D eigenvalue weighted by Crippen LogP contribution is -2.25. The van der Waals surface area contributed by atoms with E-state index in [-0.39, 0.29) is 0 Å². The summed E-state index contributed by atoms with van der Waals surface area (Å²) in [6, 6.07) is 10.7. The summed E-state index contributed by atoms with van der Waals surface area (Å²) >= 11 is 1.91. The van der Waals surface area contributed by atoms with Crippen LogP contribution in [0.2, 0.25) is 0 Å². The summed E-state index contributed by atoms with van der Waals surface area (Å²) < 4.78 is 0. The van der Waals surface area contributed by atoms with E-state index in [0.717, 1.165) is 17.9 Å². The lowest BCUT2D eigenvalue weighted by atomic mass is 10.1. The van der Waals surface area contributed by atoms with Crippen LogP contribution in [0, 0.1) is 0 Å². The molecule has 2 heteroatoms. The molecular weight excluding hydrogens is 178 g/mol. The van der Waals surface area contributed by atoms with Crippen LogP contribution in [0.5, 0.6) is 0 Å². The highest BCUT2D eigenvalue weighted by Crippen LogP contribution is 2.06. The predicted molar refractivity (Wildman–Crippen MR) is 61.1 cm³/mol. The Labute approximate surface area is 84.7 Å². The molecule has 0 unspecified atom stereocenters. The van der Waals surface area contributed by atoms with Crippen molar-refractivity contribution in [3.63, 3.8) is 0 Å². The Bertz CT molecular complexity index is 223. The van der Waals surface area contributed by atoms with Gasteiger partial charge in [-0.05, 0) is 17.7 Å². The zero-order valence-electron chi connectivity index (χ0n) is 8.07. The van der Waals surface area contributed by atoms with Gasteiger partial charge in [0, 0.05) is 11.8 Å². The summed E-state index contributed by atoms with van der Waals surface area (Å²) in [7, 11) is 0. The van der Waals surface area contributed by atoms with E-state index in [0.29, 0.717) is 6.04 Å². The van der Waals surface area contributed by atoms with Crippen molar-refractivity contribution in [2.75, 3.05) is 11.5 Å². The highest BCUT2D eigenvalue weighted by molar-refractivity contribution is 7.99. The normalized spacial score (nSPS) is 12.8. The summed E-state index contributed by atoms with van der Waals surface area (Å²) in [6.45, 7) is 2.17. The average molecular weight is 195 g/mol. The molecule has 0 amide bonds. The van der Waals surface area contributed by atoms with E-state index in [2.05, 4.69) is 31.2 Å². The minimum Gasteiger partial charge on any atom is -0.327 e. The Kier molecular flexibility index (Phi) is 4.94. The van der Waals surface area contributed by atoms with E-state index in [1.165, 1.54) is 5.56 Å². The van der Waals surface area contributed by atoms with Crippen molar-refractivity contribution >= 4 is 11.8 Å². The lowest BCUT2D eigenvalue weighted by Gasteiger charge is -2.10. The second-order valence-corrected chi connectivity index (χ2v) is 4.43. The molecular formula is C11H17NS. The van der Waals surface area contributed by atoms with Crippen LogP contribution in [0.25, 0.3) is 0 Å². The second kappa shape index (κ2) is 6.06. The van der Waals surface area contributed by atoms with Crippen LogP contribution in [-0.4, -0.2) is 17.5 Å². The van der Waals surface area contributed by atoms with Gasteiger partial charge in [0.1, 0.15) is 0 Å². The van der Waals surface area contributed by atoms with E-state index < -0.39 is 0 Å². The van der Waals surface area contributed by atoms with Crippen molar-refractivity contribution in [1.82, 2.24) is 0 Å². The zero-order valence-corrected chi connectivity index (χ0v) is 8.89. The SMILES string of the molecule is CCSC[C@@H](N)Cc1ccccc1. The summed E-state index contributed by atoms with van der Waals surface area (Å²) in [5.74, 6) is 2.22. The maximum Gasteiger partial charge on any atom is 0.0171 e. The Balaban J connectivity index is 2.32. The molecule has 1 nitrogen and oxygen atoms in total. The molecule has 2 N–H and O–H groups in total. The first-order chi connectivity index (χ1) is 6.33. The third kappa shape index (κ3) is 4.34. The van der Waals surface area contributed by atoms with Crippen LogP contribution in [0.15, 0.2) is 30.3 Å². The van der Waals surface area contributed by atoms with Crippen molar-refractivity contribution in [3.05, 3.63) is 35.9 Å². The summed E-state index contributed by atoms with van der Waals surface area (Å²) in [5.41, 5.74) is 7.31. The van der Waals surface area contributed by atoms with Gasteiger partial charge in [0.25, 0.3) is 0 Å². The number of hydrogen-bond acceptors (Lipinski definition) is 2. The lowest BCUT2D eigenvalue weighted by molar-refractivity contribution is 0.749. The van der Waals surface area contributed by atoms with E-state index in [4.69, 9.17) is 5.73 Å². The average Bonchev–Trinajstić information content (AvgIpc) is 2.16. The van der Waals surface area contributed by atoms with Crippen molar-refractivity contribution in [2.24, 2.45) is 5.73 Å². The van der Waals surface area contributed by atoms with Gasteiger partial charge in [-0.25, -0.2) is 0 Å². The molecule has 0 aromatic heterocycles. The van der Waals surface area contributed by atoms with Crippen molar-refractivity contribution in [3.8, 4) is 0 Å². The van der Waals surface area contributed by atoms with E-state index in [1.807, 2.05) is 17.8 Å². The molecule has 0 aliphatic heterocycles. The monoisotopic (exact) mass is 195 g/mol. The number of nitrogens with two attached hydrogens (primary N) is 1. The fraction of sp³-hybridized carbons (Fsp3) is 0.455. The molecule has 1 atom stereocenters. The molecule has 13 heavy (non-hydrogen) atoms. The Morgan fingerprint density at radius 3 is 2.62 bits per heavy atom. The highest BCUT2D eigenvalue weighted by atomic mass is 32.2. The maximum atomic E-state index is 5.97. The first kappa shape index (κ1) is 10.6. The Hall–Kier alpha value is -0.470. The van der Waals surface area contributed by atoms with Gasteiger partial charge in [-0.3, -0.25) is 0 Å². The molecule has 1 aromatic rings. The molecule has 0 aliphatic carbocycles. The zero-order chi connectivity index (χ0) is 9.52. The topological polar surface area (TPSA) is 26.0 Å². The molecule has 0 radical (unpaired) electrons. The van der Waals surface area contributed by atoms with Gasteiger partial charge in [0.15, 0.2) is 0 Å². The maximum absolute atomic E-state index is 5.97. The standard InChI is InChI=1S/C11H17NS/c1-2-13-9-11(12)8-10-6-4-3-5-7-10/h3-7,11H,2,8-9,12H2,1H3/t11-/m0/s1. The number of benzene rings is 1. The minimum atomic E-state index is 0.298. The Morgan fingerprint density at radius 1 is 1.31 bits per heavy atom. The largest absolute Gasteiger partial charge is 0.327 e. The van der Waals surface area contributed by atoms with E-state index in [9.17, 15) is 0 Å². The molecule has 1 aromatic carbocycles. The molecule has 0 bridgehead atoms. The number of rotatable bonds is 5. The van der Waals surface area contributed by atoms with Crippen LogP contribution in [-0.2, 0) is 6.42 Å². The second-order valence-electron chi connectivity index (χ2n) is 3.11. The van der Waals surface area contributed by atoms with Crippen LogP contribution < -0.4 is 5.73 Å². The molecule has 1 rings (SSSR count). The van der Waals surface area contributed by atoms with Gasteiger partial charge in [-0.1, -0.05) is 37.3 Å². The molecule has 0 saturated carbocycles. The predicted octanol–water partition coefficient (Wildman–Crippen LogP) is 2.31. The van der Waals surface area contributed by atoms with Crippen molar-refractivity contribution in [1.29, 1.82) is 0 Å². The van der Waals surface area contributed by atoms with E-state index >= 15 is 0 Å². The van der Waals surface area contributed by atoms with Gasteiger partial charge in [0.2, 0.25) is 0 Å². The van der Waals surface area contributed by atoms with Gasteiger partial charge in [-0.2, -0.15) is 11.8 Å².